The number of hydrogen-bond acceptors (Lipinski definition) is 5. The molecule has 6 heteroatoms. The van der Waals surface area contributed by atoms with Gasteiger partial charge in [0.2, 0.25) is 0 Å². The van der Waals surface area contributed by atoms with Gasteiger partial charge < -0.3 is 5.32 Å². The maximum Gasteiger partial charge on any atom is 0.155 e. The van der Waals surface area contributed by atoms with Crippen molar-refractivity contribution in [3.63, 3.8) is 0 Å². The average molecular weight is 236 g/mol. The molecule has 0 unspecified atom stereocenters. The van der Waals surface area contributed by atoms with Crippen molar-refractivity contribution in [1.82, 2.24) is 15.2 Å². The van der Waals surface area contributed by atoms with Crippen LogP contribution in [0.1, 0.15) is 0 Å². The van der Waals surface area contributed by atoms with Crippen molar-refractivity contribution in [3.05, 3.63) is 42.4 Å². The molecule has 0 aliphatic rings. The summed E-state index contributed by atoms with van der Waals surface area (Å²) in [5.74, 6) is 0.687. The van der Waals surface area contributed by atoms with Crippen molar-refractivity contribution in [2.75, 3.05) is 5.32 Å². The lowest BCUT2D eigenvalue weighted by Gasteiger charge is -2.01. The first-order chi connectivity index (χ1) is 8.83. The Morgan fingerprint density at radius 3 is 2.50 bits per heavy atom. The Kier molecular flexibility index (Phi) is 3.34. The summed E-state index contributed by atoms with van der Waals surface area (Å²) in [5, 5.41) is 26.5. The summed E-state index contributed by atoms with van der Waals surface area (Å²) < 4.78 is 0. The van der Waals surface area contributed by atoms with Crippen LogP contribution < -0.4 is 5.32 Å². The Balaban J connectivity index is 2.12. The van der Waals surface area contributed by atoms with E-state index in [4.69, 9.17) is 10.5 Å². The zero-order valence-electron chi connectivity index (χ0n) is 9.25. The van der Waals surface area contributed by atoms with E-state index in [-0.39, 0.29) is 5.57 Å². The topological polar surface area (TPSA) is 101 Å². The van der Waals surface area contributed by atoms with Gasteiger partial charge in [0.1, 0.15) is 24.0 Å². The van der Waals surface area contributed by atoms with Crippen LogP contribution in [0.5, 0.6) is 0 Å². The molecule has 0 spiro atoms. The number of H-pyrrole nitrogens is 1. The van der Waals surface area contributed by atoms with Crippen LogP contribution >= 0.6 is 0 Å². The van der Waals surface area contributed by atoms with Crippen molar-refractivity contribution in [2.45, 2.75) is 0 Å². The first kappa shape index (κ1) is 11.4. The van der Waals surface area contributed by atoms with Crippen LogP contribution in [-0.4, -0.2) is 15.2 Å². The fourth-order valence-electron chi connectivity index (χ4n) is 1.31. The molecule has 1 heterocycles. The Labute approximate surface area is 103 Å². The molecule has 2 rings (SSSR count). The van der Waals surface area contributed by atoms with Crippen molar-refractivity contribution in [3.8, 4) is 23.5 Å². The highest BCUT2D eigenvalue weighted by molar-refractivity contribution is 5.60. The third-order valence-electron chi connectivity index (χ3n) is 2.20. The van der Waals surface area contributed by atoms with Crippen molar-refractivity contribution >= 4 is 5.69 Å². The van der Waals surface area contributed by atoms with Crippen LogP contribution in [-0.2, 0) is 0 Å². The van der Waals surface area contributed by atoms with Crippen LogP contribution in [0.3, 0.4) is 0 Å². The number of nitriles is 2. The van der Waals surface area contributed by atoms with E-state index in [1.807, 2.05) is 24.3 Å². The van der Waals surface area contributed by atoms with Crippen LogP contribution in [0.4, 0.5) is 5.69 Å². The van der Waals surface area contributed by atoms with E-state index in [2.05, 4.69) is 20.5 Å². The molecule has 86 valence electrons. The lowest BCUT2D eigenvalue weighted by molar-refractivity contribution is 1.10. The zero-order valence-corrected chi connectivity index (χ0v) is 9.25. The predicted molar refractivity (Wildman–Crippen MR) is 64.8 cm³/mol. The van der Waals surface area contributed by atoms with Gasteiger partial charge in [-0.25, -0.2) is 4.98 Å². The maximum absolute atomic E-state index is 8.57. The lowest BCUT2D eigenvalue weighted by atomic mass is 10.2. The number of aromatic nitrogens is 3. The molecule has 0 amide bonds. The quantitative estimate of drug-likeness (QED) is 0.791. The number of anilines is 1. The van der Waals surface area contributed by atoms with E-state index >= 15 is 0 Å². The van der Waals surface area contributed by atoms with Gasteiger partial charge in [0.15, 0.2) is 5.82 Å². The molecule has 1 aromatic heterocycles. The second kappa shape index (κ2) is 5.28. The minimum Gasteiger partial charge on any atom is -0.360 e. The van der Waals surface area contributed by atoms with E-state index in [1.54, 1.807) is 12.1 Å². The summed E-state index contributed by atoms with van der Waals surface area (Å²) in [6.07, 6.45) is 2.81. The van der Waals surface area contributed by atoms with Gasteiger partial charge >= 0.3 is 0 Å². The van der Waals surface area contributed by atoms with Gasteiger partial charge in [-0.2, -0.15) is 15.6 Å². The summed E-state index contributed by atoms with van der Waals surface area (Å²) in [6.45, 7) is 0. The Hall–Kier alpha value is -3.12. The second-order valence-electron chi connectivity index (χ2n) is 3.34. The second-order valence-corrected chi connectivity index (χ2v) is 3.34. The smallest absolute Gasteiger partial charge is 0.155 e. The van der Waals surface area contributed by atoms with Gasteiger partial charge in [0.25, 0.3) is 0 Å². The molecule has 0 fully saturated rings. The molecule has 0 saturated carbocycles. The van der Waals surface area contributed by atoms with Gasteiger partial charge in [-0.15, -0.1) is 0 Å². The fraction of sp³-hybridized carbons (Fsp3) is 0. The Bertz CT molecular complexity index is 609. The Morgan fingerprint density at radius 2 is 1.94 bits per heavy atom. The summed E-state index contributed by atoms with van der Waals surface area (Å²) in [7, 11) is 0. The molecule has 0 bridgehead atoms. The van der Waals surface area contributed by atoms with Crippen LogP contribution in [0, 0.1) is 22.7 Å². The molecular weight excluding hydrogens is 228 g/mol. The molecule has 2 N–H and O–H groups in total. The van der Waals surface area contributed by atoms with Crippen molar-refractivity contribution < 1.29 is 0 Å². The van der Waals surface area contributed by atoms with E-state index in [1.165, 1.54) is 12.5 Å². The summed E-state index contributed by atoms with van der Waals surface area (Å²) in [6, 6.07) is 10.9. The Morgan fingerprint density at radius 1 is 1.22 bits per heavy atom. The fourth-order valence-corrected chi connectivity index (χ4v) is 1.31. The number of benzene rings is 1. The SMILES string of the molecule is N#CC(C#N)=CNc1ccc(-c2ncn[nH]2)cc1. The van der Waals surface area contributed by atoms with E-state index in [0.717, 1.165) is 11.3 Å². The molecule has 6 nitrogen and oxygen atoms in total. The van der Waals surface area contributed by atoms with Crippen LogP contribution in [0.25, 0.3) is 11.4 Å². The van der Waals surface area contributed by atoms with Gasteiger partial charge in [0, 0.05) is 17.5 Å². The molecule has 2 aromatic rings. The highest BCUT2D eigenvalue weighted by Crippen LogP contribution is 2.17. The number of allylic oxidation sites excluding steroid dienone is 1. The highest BCUT2D eigenvalue weighted by Gasteiger charge is 1.99. The van der Waals surface area contributed by atoms with Crippen LogP contribution in [0.15, 0.2) is 42.4 Å². The molecular formula is C12H8N6. The third kappa shape index (κ3) is 2.52. The number of rotatable bonds is 3. The molecule has 0 atom stereocenters. The van der Waals surface area contributed by atoms with Crippen molar-refractivity contribution in [1.29, 1.82) is 10.5 Å². The average Bonchev–Trinajstić information content (AvgIpc) is 2.94. The lowest BCUT2D eigenvalue weighted by Crippen LogP contribution is -1.90. The van der Waals surface area contributed by atoms with Gasteiger partial charge in [-0.1, -0.05) is 0 Å². The summed E-state index contributed by atoms with van der Waals surface area (Å²) in [4.78, 5) is 4.03. The normalized spacial score (nSPS) is 9.00. The molecule has 0 aliphatic carbocycles. The molecule has 1 aromatic carbocycles. The van der Waals surface area contributed by atoms with E-state index < -0.39 is 0 Å². The van der Waals surface area contributed by atoms with Gasteiger partial charge in [0.05, 0.1) is 0 Å². The first-order valence-electron chi connectivity index (χ1n) is 5.06. The third-order valence-corrected chi connectivity index (χ3v) is 2.20. The number of nitrogens with zero attached hydrogens (tertiary/aromatic N) is 4. The van der Waals surface area contributed by atoms with Crippen molar-refractivity contribution in [2.24, 2.45) is 0 Å². The predicted octanol–water partition coefficient (Wildman–Crippen LogP) is 1.81. The molecule has 0 aliphatic heterocycles. The van der Waals surface area contributed by atoms with E-state index in [9.17, 15) is 0 Å². The number of hydrogen-bond donors (Lipinski definition) is 2. The minimum atomic E-state index is 0.0225. The first-order valence-corrected chi connectivity index (χ1v) is 5.06. The highest BCUT2D eigenvalue weighted by atomic mass is 15.2. The van der Waals surface area contributed by atoms with Gasteiger partial charge in [-0.05, 0) is 24.3 Å². The zero-order chi connectivity index (χ0) is 12.8. The molecule has 18 heavy (non-hydrogen) atoms. The standard InChI is InChI=1S/C12H8N6/c13-5-9(6-14)7-15-11-3-1-10(2-4-11)12-16-8-17-18-12/h1-4,7-8,15H,(H,16,17,18). The summed E-state index contributed by atoms with van der Waals surface area (Å²) in [5.41, 5.74) is 1.71. The monoisotopic (exact) mass is 236 g/mol. The molecule has 0 saturated heterocycles. The largest absolute Gasteiger partial charge is 0.360 e. The van der Waals surface area contributed by atoms with Crippen LogP contribution in [0.2, 0.25) is 0 Å². The minimum absolute atomic E-state index is 0.0225. The number of aromatic amines is 1. The van der Waals surface area contributed by atoms with Gasteiger partial charge in [-0.3, -0.25) is 5.10 Å². The van der Waals surface area contributed by atoms with E-state index in [0.29, 0.717) is 5.82 Å². The summed E-state index contributed by atoms with van der Waals surface area (Å²) >= 11 is 0. The number of nitrogens with one attached hydrogen (secondary N) is 2. The molecule has 0 radical (unpaired) electrons. The maximum atomic E-state index is 8.57.